The van der Waals surface area contributed by atoms with Gasteiger partial charge in [-0.15, -0.1) is 0 Å². The summed E-state index contributed by atoms with van der Waals surface area (Å²) in [6, 6.07) is 7.54. The molecule has 2 heterocycles. The smallest absolute Gasteiger partial charge is 0.329 e. The molecule has 0 aliphatic carbocycles. The van der Waals surface area contributed by atoms with Crippen molar-refractivity contribution in [2.24, 2.45) is 0 Å². The molecular formula is C25H24Cl2FN3O2. The number of nitrogens with one attached hydrogen (secondary N) is 1. The van der Waals surface area contributed by atoms with Gasteiger partial charge in [0.2, 0.25) is 0 Å². The van der Waals surface area contributed by atoms with Gasteiger partial charge < -0.3 is 10.2 Å². The number of allylic oxidation sites excluding steroid dienone is 1. The highest BCUT2D eigenvalue weighted by atomic mass is 35.5. The molecule has 0 aromatic heterocycles. The summed E-state index contributed by atoms with van der Waals surface area (Å²) in [6.07, 6.45) is 3.53. The van der Waals surface area contributed by atoms with Crippen molar-refractivity contribution in [2.45, 2.75) is 39.8 Å². The van der Waals surface area contributed by atoms with Crippen molar-refractivity contribution in [3.8, 4) is 0 Å². The van der Waals surface area contributed by atoms with Gasteiger partial charge in [0.25, 0.3) is 5.91 Å². The molecule has 2 aromatic carbocycles. The van der Waals surface area contributed by atoms with Crippen LogP contribution in [0.5, 0.6) is 0 Å². The molecule has 3 amide bonds. The van der Waals surface area contributed by atoms with E-state index in [1.54, 1.807) is 24.3 Å². The van der Waals surface area contributed by atoms with E-state index in [1.165, 1.54) is 12.1 Å². The van der Waals surface area contributed by atoms with Crippen LogP contribution in [0, 0.1) is 5.82 Å². The first-order valence-electron chi connectivity index (χ1n) is 10.6. The van der Waals surface area contributed by atoms with E-state index in [2.05, 4.69) is 30.1 Å². The molecule has 2 aliphatic rings. The van der Waals surface area contributed by atoms with Gasteiger partial charge in [-0.25, -0.2) is 9.18 Å². The van der Waals surface area contributed by atoms with Crippen LogP contribution in [0.1, 0.15) is 44.4 Å². The summed E-state index contributed by atoms with van der Waals surface area (Å²) in [5.74, 6) is -0.998. The third kappa shape index (κ3) is 4.25. The second-order valence-electron chi connectivity index (χ2n) is 8.74. The number of anilines is 1. The van der Waals surface area contributed by atoms with Crippen molar-refractivity contribution in [3.05, 3.63) is 74.7 Å². The van der Waals surface area contributed by atoms with Crippen molar-refractivity contribution in [1.29, 1.82) is 0 Å². The molecule has 33 heavy (non-hydrogen) atoms. The second-order valence-corrected chi connectivity index (χ2v) is 9.56. The Morgan fingerprint density at radius 1 is 1.12 bits per heavy atom. The van der Waals surface area contributed by atoms with E-state index in [0.717, 1.165) is 28.3 Å². The number of amides is 3. The van der Waals surface area contributed by atoms with Crippen molar-refractivity contribution in [2.75, 3.05) is 11.4 Å². The first-order valence-corrected chi connectivity index (χ1v) is 11.4. The third-order valence-corrected chi connectivity index (χ3v) is 6.74. The van der Waals surface area contributed by atoms with Crippen LogP contribution in [0.4, 0.5) is 14.9 Å². The zero-order valence-electron chi connectivity index (χ0n) is 18.8. The summed E-state index contributed by atoms with van der Waals surface area (Å²) in [5, 5.41) is 3.27. The SMILES string of the molecule is CCN1c2cc(F)c(/C=C3/NC(=O)N(Cc4ccc(Cl)c(Cl)c4)C3=O)cc2C(C)=CC1(C)C. The maximum absolute atomic E-state index is 15.1. The lowest BCUT2D eigenvalue weighted by Gasteiger charge is -2.42. The normalized spacial score (nSPS) is 18.5. The zero-order chi connectivity index (χ0) is 24.1. The lowest BCUT2D eigenvalue weighted by atomic mass is 9.88. The monoisotopic (exact) mass is 487 g/mol. The van der Waals surface area contributed by atoms with Gasteiger partial charge in [-0.1, -0.05) is 35.3 Å². The number of imide groups is 1. The van der Waals surface area contributed by atoms with Crippen molar-refractivity contribution < 1.29 is 14.0 Å². The van der Waals surface area contributed by atoms with Crippen molar-refractivity contribution in [1.82, 2.24) is 10.2 Å². The zero-order valence-corrected chi connectivity index (χ0v) is 20.3. The maximum Gasteiger partial charge on any atom is 0.329 e. The predicted octanol–water partition coefficient (Wildman–Crippen LogP) is 6.25. The molecule has 8 heteroatoms. The average molecular weight is 488 g/mol. The topological polar surface area (TPSA) is 52.7 Å². The molecule has 1 fully saturated rings. The quantitative estimate of drug-likeness (QED) is 0.409. The van der Waals surface area contributed by atoms with Gasteiger partial charge in [0.05, 0.1) is 22.1 Å². The number of carbonyl (C=O) groups is 2. The summed E-state index contributed by atoms with van der Waals surface area (Å²) in [7, 11) is 0. The highest BCUT2D eigenvalue weighted by Gasteiger charge is 2.35. The first kappa shape index (κ1) is 23.3. The molecule has 0 radical (unpaired) electrons. The molecule has 2 aromatic rings. The minimum absolute atomic E-state index is 0.0176. The Morgan fingerprint density at radius 3 is 2.52 bits per heavy atom. The Hall–Kier alpha value is -2.83. The highest BCUT2D eigenvalue weighted by Crippen LogP contribution is 2.40. The summed E-state index contributed by atoms with van der Waals surface area (Å²) in [6.45, 7) is 8.94. The van der Waals surface area contributed by atoms with Crippen LogP contribution in [-0.4, -0.2) is 28.9 Å². The summed E-state index contributed by atoms with van der Waals surface area (Å²) >= 11 is 12.0. The Balaban J connectivity index is 1.66. The molecular weight excluding hydrogens is 464 g/mol. The minimum atomic E-state index is -0.578. The molecule has 0 bridgehead atoms. The first-order chi connectivity index (χ1) is 15.5. The number of rotatable bonds is 4. The van der Waals surface area contributed by atoms with Crippen LogP contribution in [0.2, 0.25) is 10.0 Å². The fraction of sp³-hybridized carbons (Fsp3) is 0.280. The van der Waals surface area contributed by atoms with Gasteiger partial charge in [0.1, 0.15) is 11.5 Å². The second kappa shape index (κ2) is 8.50. The minimum Gasteiger partial charge on any atom is -0.363 e. The van der Waals surface area contributed by atoms with Crippen LogP contribution in [-0.2, 0) is 11.3 Å². The molecule has 1 N–H and O–H groups in total. The average Bonchev–Trinajstić information content (AvgIpc) is 2.99. The van der Waals surface area contributed by atoms with Gasteiger partial charge in [0.15, 0.2) is 0 Å². The Bertz CT molecular complexity index is 1240. The highest BCUT2D eigenvalue weighted by molar-refractivity contribution is 6.42. The molecule has 0 unspecified atom stereocenters. The van der Waals surface area contributed by atoms with Crippen LogP contribution < -0.4 is 10.2 Å². The number of halogens is 3. The lowest BCUT2D eigenvalue weighted by molar-refractivity contribution is -0.123. The predicted molar refractivity (Wildman–Crippen MR) is 131 cm³/mol. The van der Waals surface area contributed by atoms with E-state index in [9.17, 15) is 9.59 Å². The number of benzene rings is 2. The van der Waals surface area contributed by atoms with Gasteiger partial charge in [-0.3, -0.25) is 9.69 Å². The largest absolute Gasteiger partial charge is 0.363 e. The third-order valence-electron chi connectivity index (χ3n) is 6.00. The van der Waals surface area contributed by atoms with Gasteiger partial charge in [0, 0.05) is 23.4 Å². The van der Waals surface area contributed by atoms with Gasteiger partial charge >= 0.3 is 6.03 Å². The molecule has 0 atom stereocenters. The van der Waals surface area contributed by atoms with E-state index >= 15 is 4.39 Å². The Labute approximate surface area is 202 Å². The number of hydrogen-bond donors (Lipinski definition) is 1. The fourth-order valence-electron chi connectivity index (χ4n) is 4.49. The van der Waals surface area contributed by atoms with E-state index in [-0.39, 0.29) is 23.3 Å². The molecule has 0 saturated carbocycles. The Kier molecular flexibility index (Phi) is 6.01. The molecule has 1 saturated heterocycles. The van der Waals surface area contributed by atoms with E-state index in [1.807, 2.05) is 13.8 Å². The number of likely N-dealkylation sites (N-methyl/N-ethyl adjacent to an activating group) is 1. The maximum atomic E-state index is 15.1. The number of hydrogen-bond acceptors (Lipinski definition) is 3. The van der Waals surface area contributed by atoms with E-state index < -0.39 is 17.8 Å². The van der Waals surface area contributed by atoms with Crippen molar-refractivity contribution in [3.63, 3.8) is 0 Å². The van der Waals surface area contributed by atoms with E-state index in [0.29, 0.717) is 15.6 Å². The molecule has 5 nitrogen and oxygen atoms in total. The van der Waals surface area contributed by atoms with Gasteiger partial charge in [-0.05, 0) is 69.2 Å². The fourth-order valence-corrected chi connectivity index (χ4v) is 4.82. The molecule has 172 valence electrons. The van der Waals surface area contributed by atoms with Crippen LogP contribution in [0.15, 0.2) is 42.1 Å². The van der Waals surface area contributed by atoms with Crippen LogP contribution in [0.3, 0.4) is 0 Å². The molecule has 0 spiro atoms. The van der Waals surface area contributed by atoms with Crippen LogP contribution >= 0.6 is 23.2 Å². The molecule has 4 rings (SSSR count). The number of nitrogens with zero attached hydrogens (tertiary/aromatic N) is 2. The number of fused-ring (bicyclic) bond motifs is 1. The van der Waals surface area contributed by atoms with Crippen LogP contribution in [0.25, 0.3) is 11.6 Å². The standard InChI is InChI=1S/C25H24Cl2FN3O2/c1-5-31-22-11-20(28)16(9-17(22)14(2)12-25(31,3)4)10-21-23(32)30(24(33)29-21)13-15-6-7-18(26)19(27)8-15/h6-12H,5,13H2,1-4H3,(H,29,33)/b21-10+. The summed E-state index contributed by atoms with van der Waals surface area (Å²) < 4.78 is 15.1. The van der Waals surface area contributed by atoms with Gasteiger partial charge in [-0.2, -0.15) is 0 Å². The Morgan fingerprint density at radius 2 is 1.85 bits per heavy atom. The van der Waals surface area contributed by atoms with E-state index in [4.69, 9.17) is 23.2 Å². The lowest BCUT2D eigenvalue weighted by Crippen LogP contribution is -2.45. The summed E-state index contributed by atoms with van der Waals surface area (Å²) in [4.78, 5) is 28.5. The number of urea groups is 1. The number of carbonyl (C=O) groups excluding carboxylic acids is 2. The van der Waals surface area contributed by atoms with Crippen molar-refractivity contribution >= 4 is 52.5 Å². The summed E-state index contributed by atoms with van der Waals surface area (Å²) in [5.41, 5.74) is 3.40. The molecule has 2 aliphatic heterocycles.